The van der Waals surface area contributed by atoms with E-state index in [1.165, 1.54) is 0 Å². The molecule has 0 radical (unpaired) electrons. The zero-order valence-electron chi connectivity index (χ0n) is 9.68. The van der Waals surface area contributed by atoms with E-state index in [9.17, 15) is 0 Å². The second-order valence-electron chi connectivity index (χ2n) is 3.90. The average Bonchev–Trinajstić information content (AvgIpc) is 2.45. The number of hydrogen-bond donors (Lipinski definition) is 0. The zero-order valence-corrected chi connectivity index (χ0v) is 12.0. The second kappa shape index (κ2) is 5.15. The number of fused-ring (bicyclic) bond motifs is 1. The Labute approximate surface area is 123 Å². The summed E-state index contributed by atoms with van der Waals surface area (Å²) in [6.07, 6.45) is 0. The Kier molecular flexibility index (Phi) is 3.36. The van der Waals surface area contributed by atoms with Crippen molar-refractivity contribution in [2.75, 3.05) is 0 Å². The van der Waals surface area contributed by atoms with Gasteiger partial charge in [-0.25, -0.2) is 0 Å². The summed E-state index contributed by atoms with van der Waals surface area (Å²) in [5, 5.41) is 9.95. The highest BCUT2D eigenvalue weighted by Gasteiger charge is 2.09. The molecule has 3 rings (SSSR count). The molecule has 94 valence electrons. The Bertz CT molecular complexity index is 731. The first-order chi connectivity index (χ1) is 9.24. The van der Waals surface area contributed by atoms with Gasteiger partial charge in [-0.05, 0) is 30.3 Å². The lowest BCUT2D eigenvalue weighted by molar-refractivity contribution is 0.462. The molecule has 19 heavy (non-hydrogen) atoms. The molecule has 0 saturated heterocycles. The van der Waals surface area contributed by atoms with Crippen LogP contribution in [0.4, 0.5) is 0 Å². The predicted molar refractivity (Wildman–Crippen MR) is 78.8 cm³/mol. The quantitative estimate of drug-likeness (QED) is 0.672. The van der Waals surface area contributed by atoms with Gasteiger partial charge in [0.15, 0.2) is 5.15 Å². The first-order valence-corrected chi connectivity index (χ1v) is 6.75. The molecule has 0 bridgehead atoms. The van der Waals surface area contributed by atoms with Gasteiger partial charge >= 0.3 is 0 Å². The molecule has 0 fully saturated rings. The van der Waals surface area contributed by atoms with Gasteiger partial charge in [-0.2, -0.15) is 0 Å². The van der Waals surface area contributed by atoms with Gasteiger partial charge in [0.1, 0.15) is 5.75 Å². The lowest BCUT2D eigenvalue weighted by atomic mass is 10.2. The summed E-state index contributed by atoms with van der Waals surface area (Å²) >= 11 is 9.40. The minimum atomic E-state index is 0.374. The number of benzene rings is 2. The summed E-state index contributed by atoms with van der Waals surface area (Å²) in [6, 6.07) is 15.1. The van der Waals surface area contributed by atoms with Crippen molar-refractivity contribution in [1.82, 2.24) is 10.2 Å². The molecule has 0 aliphatic rings. The van der Waals surface area contributed by atoms with Crippen molar-refractivity contribution in [1.29, 1.82) is 0 Å². The number of rotatable bonds is 2. The van der Waals surface area contributed by atoms with E-state index in [0.29, 0.717) is 16.8 Å². The summed E-state index contributed by atoms with van der Waals surface area (Å²) in [5.74, 6) is 1.15. The average molecular weight is 336 g/mol. The Morgan fingerprint density at radius 2 is 1.58 bits per heavy atom. The van der Waals surface area contributed by atoms with E-state index in [-0.39, 0.29) is 0 Å². The Morgan fingerprint density at radius 1 is 0.895 bits per heavy atom. The minimum Gasteiger partial charge on any atom is -0.437 e. The van der Waals surface area contributed by atoms with Crippen LogP contribution in [0.2, 0.25) is 5.15 Å². The third-order valence-electron chi connectivity index (χ3n) is 2.64. The van der Waals surface area contributed by atoms with E-state index >= 15 is 0 Å². The lowest BCUT2D eigenvalue weighted by Gasteiger charge is -2.07. The third kappa shape index (κ3) is 2.55. The first-order valence-electron chi connectivity index (χ1n) is 5.58. The molecule has 0 aliphatic heterocycles. The molecule has 0 N–H and O–H groups in total. The summed E-state index contributed by atoms with van der Waals surface area (Å²) in [5.41, 5.74) is 0. The molecule has 3 nitrogen and oxygen atoms in total. The number of ether oxygens (including phenoxy) is 1. The van der Waals surface area contributed by atoms with E-state index in [0.717, 1.165) is 15.2 Å². The summed E-state index contributed by atoms with van der Waals surface area (Å²) in [4.78, 5) is 0. The summed E-state index contributed by atoms with van der Waals surface area (Å²) in [6.45, 7) is 0. The monoisotopic (exact) mass is 334 g/mol. The van der Waals surface area contributed by atoms with E-state index in [2.05, 4.69) is 26.1 Å². The van der Waals surface area contributed by atoms with Gasteiger partial charge < -0.3 is 4.74 Å². The van der Waals surface area contributed by atoms with Crippen LogP contribution in [0.3, 0.4) is 0 Å². The molecule has 0 atom stereocenters. The molecule has 0 saturated carbocycles. The van der Waals surface area contributed by atoms with Crippen molar-refractivity contribution in [3.8, 4) is 11.6 Å². The molecule has 0 spiro atoms. The van der Waals surface area contributed by atoms with Crippen molar-refractivity contribution in [2.24, 2.45) is 0 Å². The molecule has 0 amide bonds. The van der Waals surface area contributed by atoms with Gasteiger partial charge in [0.05, 0.1) is 0 Å². The largest absolute Gasteiger partial charge is 0.437 e. The van der Waals surface area contributed by atoms with E-state index in [4.69, 9.17) is 16.3 Å². The van der Waals surface area contributed by atoms with Crippen molar-refractivity contribution in [3.63, 3.8) is 0 Å². The molecule has 0 unspecified atom stereocenters. The Morgan fingerprint density at radius 3 is 2.32 bits per heavy atom. The molecule has 1 heterocycles. The van der Waals surface area contributed by atoms with E-state index < -0.39 is 0 Å². The summed E-state index contributed by atoms with van der Waals surface area (Å²) < 4.78 is 6.74. The number of nitrogens with zero attached hydrogens (tertiary/aromatic N) is 2. The van der Waals surface area contributed by atoms with Crippen molar-refractivity contribution in [2.45, 2.75) is 0 Å². The van der Waals surface area contributed by atoms with Crippen LogP contribution >= 0.6 is 27.5 Å². The maximum Gasteiger partial charge on any atom is 0.246 e. The topological polar surface area (TPSA) is 35.0 Å². The minimum absolute atomic E-state index is 0.374. The predicted octanol–water partition coefficient (Wildman–Crippen LogP) is 4.84. The molecule has 1 aromatic heterocycles. The fourth-order valence-electron chi connectivity index (χ4n) is 1.74. The second-order valence-corrected chi connectivity index (χ2v) is 5.17. The number of aromatic nitrogens is 2. The van der Waals surface area contributed by atoms with E-state index in [1.807, 2.05) is 48.5 Å². The maximum absolute atomic E-state index is 6.02. The van der Waals surface area contributed by atoms with Gasteiger partial charge in [-0.1, -0.05) is 45.7 Å². The fraction of sp³-hybridized carbons (Fsp3) is 0. The van der Waals surface area contributed by atoms with Gasteiger partial charge in [0.2, 0.25) is 5.88 Å². The van der Waals surface area contributed by atoms with Crippen molar-refractivity contribution < 1.29 is 4.74 Å². The van der Waals surface area contributed by atoms with Crippen LogP contribution in [0.25, 0.3) is 10.8 Å². The van der Waals surface area contributed by atoms with Crippen LogP contribution in [0.1, 0.15) is 0 Å². The first kappa shape index (κ1) is 12.4. The van der Waals surface area contributed by atoms with Crippen LogP contribution in [0, 0.1) is 0 Å². The van der Waals surface area contributed by atoms with Gasteiger partial charge in [0, 0.05) is 15.2 Å². The van der Waals surface area contributed by atoms with Gasteiger partial charge in [-0.15, -0.1) is 10.2 Å². The molecule has 5 heteroatoms. The molecular weight excluding hydrogens is 328 g/mol. The SMILES string of the molecule is Clc1nnc(Oc2ccc(Br)cc2)c2ccccc12. The van der Waals surface area contributed by atoms with Crippen molar-refractivity contribution >= 4 is 38.3 Å². The van der Waals surface area contributed by atoms with Crippen LogP contribution in [0.5, 0.6) is 11.6 Å². The maximum atomic E-state index is 6.02. The van der Waals surface area contributed by atoms with Crippen LogP contribution < -0.4 is 4.74 Å². The zero-order chi connectivity index (χ0) is 13.2. The third-order valence-corrected chi connectivity index (χ3v) is 3.44. The van der Waals surface area contributed by atoms with E-state index in [1.54, 1.807) is 0 Å². The van der Waals surface area contributed by atoms with Crippen LogP contribution in [-0.2, 0) is 0 Å². The highest BCUT2D eigenvalue weighted by molar-refractivity contribution is 9.10. The Balaban J connectivity index is 2.06. The highest BCUT2D eigenvalue weighted by Crippen LogP contribution is 2.30. The van der Waals surface area contributed by atoms with Gasteiger partial charge in [-0.3, -0.25) is 0 Å². The smallest absolute Gasteiger partial charge is 0.246 e. The lowest BCUT2D eigenvalue weighted by Crippen LogP contribution is -1.93. The Hall–Kier alpha value is -1.65. The van der Waals surface area contributed by atoms with Crippen LogP contribution in [0.15, 0.2) is 53.0 Å². The fourth-order valence-corrected chi connectivity index (χ4v) is 2.20. The molecule has 2 aromatic carbocycles. The molecular formula is C14H8BrClN2O. The summed E-state index contributed by atoms with van der Waals surface area (Å²) in [7, 11) is 0. The van der Waals surface area contributed by atoms with Crippen molar-refractivity contribution in [3.05, 3.63) is 58.2 Å². The standard InChI is InChI=1S/C14H8BrClN2O/c15-9-5-7-10(8-6-9)19-14-12-4-2-1-3-11(12)13(16)17-18-14/h1-8H. The van der Waals surface area contributed by atoms with Crippen LogP contribution in [-0.4, -0.2) is 10.2 Å². The van der Waals surface area contributed by atoms with Gasteiger partial charge in [0.25, 0.3) is 0 Å². The highest BCUT2D eigenvalue weighted by atomic mass is 79.9. The number of hydrogen-bond acceptors (Lipinski definition) is 3. The molecule has 3 aromatic rings. The number of halogens is 2. The molecule has 0 aliphatic carbocycles. The normalized spacial score (nSPS) is 10.6.